The van der Waals surface area contributed by atoms with Crippen molar-refractivity contribution in [2.75, 3.05) is 13.2 Å². The summed E-state index contributed by atoms with van der Waals surface area (Å²) in [5.41, 5.74) is 3.22. The highest BCUT2D eigenvalue weighted by Gasteiger charge is 2.31. The molecule has 1 N–H and O–H groups in total. The number of carboxylic acids is 1. The van der Waals surface area contributed by atoms with Crippen molar-refractivity contribution < 1.29 is 19.4 Å². The fourth-order valence-electron chi connectivity index (χ4n) is 3.66. The highest BCUT2D eigenvalue weighted by molar-refractivity contribution is 6.30. The van der Waals surface area contributed by atoms with E-state index in [-0.39, 0.29) is 17.4 Å². The fraction of sp³-hybridized carbons (Fsp3) is 0.300. The second-order valence-electron chi connectivity index (χ2n) is 6.76. The number of fused-ring (bicyclic) bond motifs is 2. The zero-order valence-electron chi connectivity index (χ0n) is 14.1. The van der Waals surface area contributed by atoms with E-state index in [4.69, 9.17) is 16.3 Å². The van der Waals surface area contributed by atoms with Crippen molar-refractivity contribution in [1.82, 2.24) is 4.90 Å². The topological polar surface area (TPSA) is 66.8 Å². The molecule has 0 spiro atoms. The standard InChI is InChI=1S/C20H18ClNO4/c21-17-3-4-18-14(9-17)8-16(11-26-18)19(23)22-6-5-12-1-2-13(20(24)25)7-15(12)10-22/h1-4,7,9,16H,5-6,8,10-11H2,(H,24,25). The maximum Gasteiger partial charge on any atom is 0.335 e. The molecule has 134 valence electrons. The van der Waals surface area contributed by atoms with Crippen molar-refractivity contribution in [2.24, 2.45) is 5.92 Å². The number of halogens is 1. The Morgan fingerprint density at radius 2 is 1.96 bits per heavy atom. The van der Waals surface area contributed by atoms with Gasteiger partial charge in [0.1, 0.15) is 12.4 Å². The first kappa shape index (κ1) is 16.9. The maximum atomic E-state index is 13.0. The Balaban J connectivity index is 1.51. The van der Waals surface area contributed by atoms with Crippen molar-refractivity contribution in [3.63, 3.8) is 0 Å². The minimum Gasteiger partial charge on any atom is -0.492 e. The summed E-state index contributed by atoms with van der Waals surface area (Å²) in [6.45, 7) is 1.43. The lowest BCUT2D eigenvalue weighted by molar-refractivity contribution is -0.137. The number of amides is 1. The normalized spacial score (nSPS) is 18.5. The van der Waals surface area contributed by atoms with Gasteiger partial charge in [-0.25, -0.2) is 4.79 Å². The van der Waals surface area contributed by atoms with E-state index in [0.29, 0.717) is 31.1 Å². The highest BCUT2D eigenvalue weighted by Crippen LogP contribution is 2.31. The Morgan fingerprint density at radius 3 is 2.77 bits per heavy atom. The molecule has 0 saturated heterocycles. The fourth-order valence-corrected chi connectivity index (χ4v) is 3.85. The van der Waals surface area contributed by atoms with Crippen molar-refractivity contribution in [3.8, 4) is 5.75 Å². The van der Waals surface area contributed by atoms with Crippen molar-refractivity contribution in [3.05, 3.63) is 63.7 Å². The second-order valence-corrected chi connectivity index (χ2v) is 7.20. The predicted molar refractivity (Wildman–Crippen MR) is 96.7 cm³/mol. The average molecular weight is 372 g/mol. The van der Waals surface area contributed by atoms with Crippen LogP contribution in [0.15, 0.2) is 36.4 Å². The molecule has 2 aliphatic rings. The largest absolute Gasteiger partial charge is 0.492 e. The number of hydrogen-bond donors (Lipinski definition) is 1. The summed E-state index contributed by atoms with van der Waals surface area (Å²) >= 11 is 6.05. The van der Waals surface area contributed by atoms with Crippen LogP contribution in [0.2, 0.25) is 5.02 Å². The van der Waals surface area contributed by atoms with E-state index in [2.05, 4.69) is 0 Å². The van der Waals surface area contributed by atoms with Gasteiger partial charge >= 0.3 is 5.97 Å². The van der Waals surface area contributed by atoms with Crippen molar-refractivity contribution in [1.29, 1.82) is 0 Å². The summed E-state index contributed by atoms with van der Waals surface area (Å²) < 4.78 is 5.74. The van der Waals surface area contributed by atoms with Gasteiger partial charge in [-0.3, -0.25) is 4.79 Å². The summed E-state index contributed by atoms with van der Waals surface area (Å²) in [4.78, 5) is 26.0. The highest BCUT2D eigenvalue weighted by atomic mass is 35.5. The molecule has 0 radical (unpaired) electrons. The van der Waals surface area contributed by atoms with Crippen molar-refractivity contribution in [2.45, 2.75) is 19.4 Å². The van der Waals surface area contributed by atoms with Gasteiger partial charge in [0, 0.05) is 18.1 Å². The van der Waals surface area contributed by atoms with Gasteiger partial charge in [-0.1, -0.05) is 17.7 Å². The van der Waals surface area contributed by atoms with Crippen LogP contribution in [0, 0.1) is 5.92 Å². The van der Waals surface area contributed by atoms with E-state index < -0.39 is 5.97 Å². The molecule has 5 nitrogen and oxygen atoms in total. The maximum absolute atomic E-state index is 13.0. The van der Waals surface area contributed by atoms with Crippen LogP contribution in [0.5, 0.6) is 5.75 Å². The Kier molecular flexibility index (Phi) is 4.32. The van der Waals surface area contributed by atoms with Gasteiger partial charge in [0.05, 0.1) is 11.5 Å². The number of carbonyl (C=O) groups is 2. The van der Waals surface area contributed by atoms with Crippen LogP contribution >= 0.6 is 11.6 Å². The van der Waals surface area contributed by atoms with Crippen LogP contribution in [-0.4, -0.2) is 35.0 Å². The molecule has 2 aliphatic heterocycles. The number of carboxylic acid groups (broad SMARTS) is 1. The Hall–Kier alpha value is -2.53. The van der Waals surface area contributed by atoms with Gasteiger partial charge in [-0.15, -0.1) is 0 Å². The summed E-state index contributed by atoms with van der Waals surface area (Å²) in [6.07, 6.45) is 1.34. The first-order valence-corrected chi connectivity index (χ1v) is 8.94. The van der Waals surface area contributed by atoms with Crippen LogP contribution < -0.4 is 4.74 Å². The van der Waals surface area contributed by atoms with E-state index in [1.54, 1.807) is 23.1 Å². The van der Waals surface area contributed by atoms with E-state index in [9.17, 15) is 14.7 Å². The monoisotopic (exact) mass is 371 g/mol. The minimum absolute atomic E-state index is 0.0435. The van der Waals surface area contributed by atoms with Crippen LogP contribution in [-0.2, 0) is 24.2 Å². The Morgan fingerprint density at radius 1 is 1.12 bits per heavy atom. The summed E-state index contributed by atoms with van der Waals surface area (Å²) in [5, 5.41) is 9.81. The van der Waals surface area contributed by atoms with Gasteiger partial charge in [-0.2, -0.15) is 0 Å². The predicted octanol–water partition coefficient (Wildman–Crippen LogP) is 3.17. The number of aromatic carboxylic acids is 1. The molecular weight excluding hydrogens is 354 g/mol. The molecule has 0 saturated carbocycles. The molecule has 0 aliphatic carbocycles. The molecule has 0 bridgehead atoms. The molecule has 2 aromatic rings. The van der Waals surface area contributed by atoms with Gasteiger partial charge in [-0.05, 0) is 59.9 Å². The molecule has 4 rings (SSSR count). The molecule has 2 aromatic carbocycles. The third kappa shape index (κ3) is 3.15. The number of benzene rings is 2. The lowest BCUT2D eigenvalue weighted by atomic mass is 9.93. The molecule has 1 atom stereocenters. The number of nitrogens with zero attached hydrogens (tertiary/aromatic N) is 1. The molecule has 26 heavy (non-hydrogen) atoms. The van der Waals surface area contributed by atoms with Gasteiger partial charge in [0.25, 0.3) is 0 Å². The molecule has 0 aromatic heterocycles. The average Bonchev–Trinajstić information content (AvgIpc) is 2.65. The van der Waals surface area contributed by atoms with Gasteiger partial charge < -0.3 is 14.7 Å². The molecule has 6 heteroatoms. The van der Waals surface area contributed by atoms with E-state index >= 15 is 0 Å². The summed E-state index contributed by atoms with van der Waals surface area (Å²) in [7, 11) is 0. The quantitative estimate of drug-likeness (QED) is 0.880. The Labute approximate surface area is 156 Å². The Bertz CT molecular complexity index is 895. The van der Waals surface area contributed by atoms with E-state index in [1.165, 1.54) is 0 Å². The number of rotatable bonds is 2. The van der Waals surface area contributed by atoms with E-state index in [0.717, 1.165) is 28.9 Å². The molecule has 2 heterocycles. The number of hydrogen-bond acceptors (Lipinski definition) is 3. The first-order chi connectivity index (χ1) is 12.5. The van der Waals surface area contributed by atoms with E-state index in [1.807, 2.05) is 18.2 Å². The summed E-state index contributed by atoms with van der Waals surface area (Å²) in [5.74, 6) is -0.369. The van der Waals surface area contributed by atoms with Gasteiger partial charge in [0.15, 0.2) is 0 Å². The van der Waals surface area contributed by atoms with Crippen LogP contribution in [0.1, 0.15) is 27.0 Å². The van der Waals surface area contributed by atoms with Crippen LogP contribution in [0.3, 0.4) is 0 Å². The van der Waals surface area contributed by atoms with Crippen LogP contribution in [0.4, 0.5) is 0 Å². The lowest BCUT2D eigenvalue weighted by Crippen LogP contribution is -2.43. The number of carbonyl (C=O) groups excluding carboxylic acids is 1. The zero-order valence-corrected chi connectivity index (χ0v) is 14.8. The number of ether oxygens (including phenoxy) is 1. The lowest BCUT2D eigenvalue weighted by Gasteiger charge is -2.33. The van der Waals surface area contributed by atoms with Gasteiger partial charge in [0.2, 0.25) is 5.91 Å². The first-order valence-electron chi connectivity index (χ1n) is 8.56. The molecule has 1 amide bonds. The van der Waals surface area contributed by atoms with Crippen molar-refractivity contribution >= 4 is 23.5 Å². The SMILES string of the molecule is O=C(O)c1ccc2c(c1)CN(C(=O)C1COc3ccc(Cl)cc3C1)CC2. The molecule has 1 unspecified atom stereocenters. The zero-order chi connectivity index (χ0) is 18.3. The second kappa shape index (κ2) is 6.65. The molecular formula is C20H18ClNO4. The molecule has 0 fully saturated rings. The minimum atomic E-state index is -0.953. The summed E-state index contributed by atoms with van der Waals surface area (Å²) in [6, 6.07) is 10.6. The third-order valence-corrected chi connectivity index (χ3v) is 5.29. The smallest absolute Gasteiger partial charge is 0.335 e. The van der Waals surface area contributed by atoms with Crippen LogP contribution in [0.25, 0.3) is 0 Å². The third-order valence-electron chi connectivity index (χ3n) is 5.06.